The molecule has 6 nitrogen and oxygen atoms in total. The minimum Gasteiger partial charge on any atom is -0.274 e. The van der Waals surface area contributed by atoms with Crippen molar-refractivity contribution in [1.29, 1.82) is 0 Å². The number of rotatable bonds is 4. The number of sulfone groups is 1. The van der Waals surface area contributed by atoms with Crippen molar-refractivity contribution in [3.8, 4) is 0 Å². The fourth-order valence-corrected chi connectivity index (χ4v) is 4.60. The van der Waals surface area contributed by atoms with E-state index >= 15 is 0 Å². The molecule has 31 heavy (non-hydrogen) atoms. The van der Waals surface area contributed by atoms with Gasteiger partial charge in [0, 0.05) is 0 Å². The quantitative estimate of drug-likeness (QED) is 0.121. The van der Waals surface area contributed by atoms with Crippen molar-refractivity contribution in [1.82, 2.24) is 0 Å². The van der Waals surface area contributed by atoms with Crippen LogP contribution in [-0.4, -0.2) is 13.6 Å². The van der Waals surface area contributed by atoms with Crippen molar-refractivity contribution in [3.05, 3.63) is 85.8 Å². The van der Waals surface area contributed by atoms with Crippen LogP contribution in [0.3, 0.4) is 0 Å². The lowest BCUT2D eigenvalue weighted by Crippen LogP contribution is -2.15. The van der Waals surface area contributed by atoms with Crippen molar-refractivity contribution >= 4 is 84.4 Å². The second kappa shape index (κ2) is 10.2. The smallest absolute Gasteiger partial charge is 0.274 e. The van der Waals surface area contributed by atoms with Gasteiger partial charge in [0.1, 0.15) is 5.69 Å². The molecular weight excluding hydrogens is 526 g/mol. The Kier molecular flexibility index (Phi) is 7.80. The third-order valence-corrected chi connectivity index (χ3v) is 7.11. The van der Waals surface area contributed by atoms with Gasteiger partial charge in [0.05, 0.1) is 35.7 Å². The first-order valence-electron chi connectivity index (χ1n) is 8.34. The fourth-order valence-electron chi connectivity index (χ4n) is 2.23. The van der Waals surface area contributed by atoms with Crippen LogP contribution in [0.1, 0.15) is 0 Å². The number of amidine groups is 1. The van der Waals surface area contributed by atoms with Crippen LogP contribution in [0.5, 0.6) is 0 Å². The van der Waals surface area contributed by atoms with E-state index in [1.54, 1.807) is 48.5 Å². The van der Waals surface area contributed by atoms with E-state index in [1.807, 2.05) is 0 Å². The average Bonchev–Trinajstić information content (AvgIpc) is 2.72. The van der Waals surface area contributed by atoms with Crippen LogP contribution >= 0.6 is 58.0 Å². The number of azo groups is 1. The molecule has 0 bridgehead atoms. The molecule has 0 aromatic heterocycles. The van der Waals surface area contributed by atoms with E-state index in [0.29, 0.717) is 10.7 Å². The molecule has 0 aliphatic heterocycles. The van der Waals surface area contributed by atoms with Gasteiger partial charge in [0.15, 0.2) is 0 Å². The Morgan fingerprint density at radius 1 is 0.742 bits per heavy atom. The molecule has 3 aromatic rings. The third-order valence-electron chi connectivity index (χ3n) is 3.75. The summed E-state index contributed by atoms with van der Waals surface area (Å²) in [5.41, 5.74) is 3.17. The normalized spacial score (nSPS) is 12.4. The van der Waals surface area contributed by atoms with Crippen LogP contribution in [0.25, 0.3) is 0 Å². The maximum Gasteiger partial charge on any atom is 0.289 e. The maximum absolute atomic E-state index is 13.3. The lowest BCUT2D eigenvalue weighted by Gasteiger charge is -2.09. The fraction of sp³-hybridized carbons (Fsp3) is 0. The van der Waals surface area contributed by atoms with Gasteiger partial charge in [-0.3, -0.25) is 5.43 Å². The molecule has 0 saturated carbocycles. The van der Waals surface area contributed by atoms with E-state index < -0.39 is 15.0 Å². The predicted molar refractivity (Wildman–Crippen MR) is 127 cm³/mol. The highest BCUT2D eigenvalue weighted by Gasteiger charge is 2.27. The maximum atomic E-state index is 13.3. The molecule has 0 amide bonds. The highest BCUT2D eigenvalue weighted by atomic mass is 35.5. The number of nitrogens with one attached hydrogen (secondary N) is 1. The Bertz CT molecular complexity index is 1300. The van der Waals surface area contributed by atoms with E-state index in [2.05, 4.69) is 20.8 Å². The lowest BCUT2D eigenvalue weighted by atomic mass is 10.3. The molecule has 160 valence electrons. The monoisotopic (exact) mass is 534 g/mol. The van der Waals surface area contributed by atoms with Crippen LogP contribution in [0, 0.1) is 0 Å². The molecule has 3 aromatic carbocycles. The Morgan fingerprint density at radius 3 is 2.03 bits per heavy atom. The van der Waals surface area contributed by atoms with Crippen LogP contribution in [0.4, 0.5) is 11.4 Å². The summed E-state index contributed by atoms with van der Waals surface area (Å²) in [7, 11) is -4.37. The van der Waals surface area contributed by atoms with Gasteiger partial charge in [-0.2, -0.15) is 0 Å². The van der Waals surface area contributed by atoms with E-state index in [4.69, 9.17) is 58.0 Å². The Labute approximate surface area is 203 Å². The van der Waals surface area contributed by atoms with Gasteiger partial charge in [-0.25, -0.2) is 8.42 Å². The molecule has 3 rings (SSSR count). The van der Waals surface area contributed by atoms with Gasteiger partial charge >= 0.3 is 0 Å². The SMILES string of the molecule is O=S(=O)(C(N=Nc1ccccc1Cl)=NNc1ccccc1Cl)c1cc(Cl)c(Cl)cc1Cl. The number of halogens is 5. The molecule has 0 atom stereocenters. The highest BCUT2D eigenvalue weighted by Crippen LogP contribution is 2.33. The molecular formula is C19H11Cl5N4O2S. The van der Waals surface area contributed by atoms with Crippen LogP contribution in [-0.2, 0) is 9.84 Å². The van der Waals surface area contributed by atoms with Crippen molar-refractivity contribution in [2.24, 2.45) is 15.3 Å². The highest BCUT2D eigenvalue weighted by molar-refractivity contribution is 8.06. The van der Waals surface area contributed by atoms with Crippen molar-refractivity contribution in [3.63, 3.8) is 0 Å². The zero-order valence-corrected chi connectivity index (χ0v) is 19.8. The first kappa shape index (κ1) is 23.8. The van der Waals surface area contributed by atoms with Crippen molar-refractivity contribution in [2.45, 2.75) is 4.90 Å². The molecule has 0 aliphatic carbocycles. The number of nitrogens with zero attached hydrogens (tertiary/aromatic N) is 3. The Hall–Kier alpha value is -1.87. The molecule has 0 spiro atoms. The molecule has 0 fully saturated rings. The lowest BCUT2D eigenvalue weighted by molar-refractivity contribution is 0.606. The zero-order valence-electron chi connectivity index (χ0n) is 15.2. The summed E-state index contributed by atoms with van der Waals surface area (Å²) < 4.78 is 26.5. The summed E-state index contributed by atoms with van der Waals surface area (Å²) in [6, 6.07) is 15.4. The van der Waals surface area contributed by atoms with Gasteiger partial charge in [-0.1, -0.05) is 82.3 Å². The van der Waals surface area contributed by atoms with Gasteiger partial charge in [0.2, 0.25) is 9.84 Å². The summed E-state index contributed by atoms with van der Waals surface area (Å²) in [5, 5.41) is 11.4. The average molecular weight is 537 g/mol. The van der Waals surface area contributed by atoms with Crippen molar-refractivity contribution < 1.29 is 8.42 Å². The van der Waals surface area contributed by atoms with Crippen LogP contribution in [0.2, 0.25) is 25.1 Å². The number of hydrogen-bond acceptors (Lipinski definition) is 5. The van der Waals surface area contributed by atoms with E-state index in [9.17, 15) is 8.42 Å². The largest absolute Gasteiger partial charge is 0.289 e. The summed E-state index contributed by atoms with van der Waals surface area (Å²) in [6.07, 6.45) is 0. The summed E-state index contributed by atoms with van der Waals surface area (Å²) in [4.78, 5) is -0.346. The first-order valence-corrected chi connectivity index (χ1v) is 11.7. The van der Waals surface area contributed by atoms with Gasteiger partial charge in [-0.05, 0) is 36.4 Å². The second-order valence-electron chi connectivity index (χ2n) is 5.84. The van der Waals surface area contributed by atoms with E-state index in [0.717, 1.165) is 6.07 Å². The number of anilines is 1. The standard InChI is InChI=1S/C19H11Cl5N4O2S/c20-11-5-1-3-7-16(11)25-27-19(28-26-17-8-4-2-6-12(17)21)31(29,30)18-10-14(23)13(22)9-15(18)24/h1-10,25H. The minimum atomic E-state index is -4.37. The Balaban J connectivity index is 2.11. The topological polar surface area (TPSA) is 83.2 Å². The third kappa shape index (κ3) is 5.68. The number of para-hydroxylation sites is 1. The molecule has 1 N–H and O–H groups in total. The molecule has 0 heterocycles. The van der Waals surface area contributed by atoms with Gasteiger partial charge < -0.3 is 0 Å². The summed E-state index contributed by atoms with van der Waals surface area (Å²) in [6.45, 7) is 0. The van der Waals surface area contributed by atoms with E-state index in [-0.39, 0.29) is 30.7 Å². The number of hydrogen-bond donors (Lipinski definition) is 1. The minimum absolute atomic E-state index is 0.00824. The number of hydrazone groups is 1. The molecule has 0 unspecified atom stereocenters. The Morgan fingerprint density at radius 2 is 1.35 bits per heavy atom. The van der Waals surface area contributed by atoms with E-state index in [1.165, 1.54) is 6.07 Å². The van der Waals surface area contributed by atoms with Gasteiger partial charge in [-0.15, -0.1) is 15.3 Å². The summed E-state index contributed by atoms with van der Waals surface area (Å²) in [5.74, 6) is 0. The first-order chi connectivity index (χ1) is 14.7. The molecule has 0 aliphatic rings. The van der Waals surface area contributed by atoms with Crippen LogP contribution < -0.4 is 5.43 Å². The predicted octanol–water partition coefficient (Wildman–Crippen LogP) is 7.89. The molecule has 12 heteroatoms. The molecule has 0 radical (unpaired) electrons. The zero-order chi connectivity index (χ0) is 22.6. The summed E-state index contributed by atoms with van der Waals surface area (Å²) >= 11 is 30.2. The molecule has 0 saturated heterocycles. The van der Waals surface area contributed by atoms with Crippen molar-refractivity contribution in [2.75, 3.05) is 5.43 Å². The second-order valence-corrected chi connectivity index (χ2v) is 9.69. The van der Waals surface area contributed by atoms with Crippen LogP contribution in [0.15, 0.2) is 80.9 Å². The number of benzene rings is 3. The van der Waals surface area contributed by atoms with Gasteiger partial charge in [0.25, 0.3) is 5.17 Å².